The SMILES string of the molecule is COC(=O)CC1C2OC2C(F)(F)C1O. The first-order chi connectivity index (χ1) is 6.48. The molecule has 0 aromatic heterocycles. The number of aliphatic hydroxyl groups is 1. The van der Waals surface area contributed by atoms with E-state index in [0.717, 1.165) is 0 Å². The van der Waals surface area contributed by atoms with Crippen molar-refractivity contribution in [2.45, 2.75) is 30.7 Å². The van der Waals surface area contributed by atoms with Gasteiger partial charge in [0.1, 0.15) is 6.10 Å². The van der Waals surface area contributed by atoms with Gasteiger partial charge in [0.2, 0.25) is 0 Å². The largest absolute Gasteiger partial charge is 0.469 e. The lowest BCUT2D eigenvalue weighted by atomic mass is 10.00. The van der Waals surface area contributed by atoms with Crippen LogP contribution in [0.5, 0.6) is 0 Å². The molecule has 4 atom stereocenters. The number of halogens is 2. The van der Waals surface area contributed by atoms with Gasteiger partial charge in [0.15, 0.2) is 6.10 Å². The van der Waals surface area contributed by atoms with Gasteiger partial charge in [0, 0.05) is 5.92 Å². The molecule has 4 unspecified atom stereocenters. The number of hydrogen-bond acceptors (Lipinski definition) is 4. The minimum atomic E-state index is -3.23. The fourth-order valence-electron chi connectivity index (χ4n) is 1.90. The fourth-order valence-corrected chi connectivity index (χ4v) is 1.90. The van der Waals surface area contributed by atoms with E-state index in [0.29, 0.717) is 0 Å². The zero-order chi connectivity index (χ0) is 10.5. The van der Waals surface area contributed by atoms with E-state index >= 15 is 0 Å². The molecule has 1 saturated carbocycles. The molecule has 0 aromatic rings. The van der Waals surface area contributed by atoms with Crippen LogP contribution in [0.25, 0.3) is 0 Å². The van der Waals surface area contributed by atoms with Crippen LogP contribution < -0.4 is 0 Å². The number of methoxy groups -OCH3 is 1. The molecule has 14 heavy (non-hydrogen) atoms. The molecule has 2 aliphatic rings. The number of hydrogen-bond donors (Lipinski definition) is 1. The number of aliphatic hydroxyl groups excluding tert-OH is 1. The van der Waals surface area contributed by atoms with E-state index in [9.17, 15) is 18.7 Å². The molecule has 1 aliphatic heterocycles. The van der Waals surface area contributed by atoms with Crippen molar-refractivity contribution >= 4 is 5.97 Å². The third-order valence-electron chi connectivity index (χ3n) is 2.76. The number of carbonyl (C=O) groups excluding carboxylic acids is 1. The highest BCUT2D eigenvalue weighted by molar-refractivity contribution is 5.70. The van der Waals surface area contributed by atoms with E-state index in [2.05, 4.69) is 9.47 Å². The molecule has 0 spiro atoms. The van der Waals surface area contributed by atoms with Crippen LogP contribution in [0, 0.1) is 5.92 Å². The number of alkyl halides is 2. The lowest BCUT2D eigenvalue weighted by molar-refractivity contribution is -0.154. The summed E-state index contributed by atoms with van der Waals surface area (Å²) < 4.78 is 35.1. The Labute approximate surface area is 78.8 Å². The van der Waals surface area contributed by atoms with Crippen LogP contribution in [0.2, 0.25) is 0 Å². The maximum Gasteiger partial charge on any atom is 0.305 e. The summed E-state index contributed by atoms with van der Waals surface area (Å²) in [7, 11) is 1.17. The molecule has 0 radical (unpaired) electrons. The molecule has 0 aromatic carbocycles. The maximum absolute atomic E-state index is 13.1. The second-order valence-electron chi connectivity index (χ2n) is 3.58. The van der Waals surface area contributed by atoms with Crippen molar-refractivity contribution in [1.29, 1.82) is 0 Å². The number of fused-ring (bicyclic) bond motifs is 1. The minimum Gasteiger partial charge on any atom is -0.469 e. The monoisotopic (exact) mass is 208 g/mol. The van der Waals surface area contributed by atoms with Crippen LogP contribution in [0.1, 0.15) is 6.42 Å². The third-order valence-corrected chi connectivity index (χ3v) is 2.76. The van der Waals surface area contributed by atoms with Crippen LogP contribution in [-0.2, 0) is 14.3 Å². The van der Waals surface area contributed by atoms with Crippen LogP contribution in [0.3, 0.4) is 0 Å². The highest BCUT2D eigenvalue weighted by Gasteiger charge is 2.72. The average molecular weight is 208 g/mol. The van der Waals surface area contributed by atoms with E-state index in [4.69, 9.17) is 0 Å². The zero-order valence-electron chi connectivity index (χ0n) is 7.44. The quantitative estimate of drug-likeness (QED) is 0.510. The molecule has 6 heteroatoms. The van der Waals surface area contributed by atoms with E-state index in [-0.39, 0.29) is 6.42 Å². The Hall–Kier alpha value is -0.750. The van der Waals surface area contributed by atoms with E-state index in [1.54, 1.807) is 0 Å². The number of epoxide rings is 1. The number of ether oxygens (including phenoxy) is 2. The smallest absolute Gasteiger partial charge is 0.305 e. The number of esters is 1. The Morgan fingerprint density at radius 2 is 2.29 bits per heavy atom. The molecule has 2 fully saturated rings. The molecule has 1 aliphatic carbocycles. The highest BCUT2D eigenvalue weighted by Crippen LogP contribution is 2.53. The van der Waals surface area contributed by atoms with Gasteiger partial charge in [-0.05, 0) is 0 Å². The van der Waals surface area contributed by atoms with Gasteiger partial charge in [-0.25, -0.2) is 8.78 Å². The average Bonchev–Trinajstić information content (AvgIpc) is 2.88. The summed E-state index contributed by atoms with van der Waals surface area (Å²) in [4.78, 5) is 10.9. The summed E-state index contributed by atoms with van der Waals surface area (Å²) in [6.07, 6.45) is -3.94. The highest BCUT2D eigenvalue weighted by atomic mass is 19.3. The molecular formula is C8H10F2O4. The zero-order valence-corrected chi connectivity index (χ0v) is 7.44. The van der Waals surface area contributed by atoms with E-state index < -0.39 is 36.1 Å². The molecule has 4 nitrogen and oxygen atoms in total. The lowest BCUT2D eigenvalue weighted by Crippen LogP contribution is -2.38. The summed E-state index contributed by atoms with van der Waals surface area (Å²) >= 11 is 0. The van der Waals surface area contributed by atoms with Gasteiger partial charge in [0.05, 0.1) is 19.6 Å². The summed E-state index contributed by atoms with van der Waals surface area (Å²) in [6, 6.07) is 0. The Balaban J connectivity index is 2.05. The Morgan fingerprint density at radius 3 is 2.71 bits per heavy atom. The first-order valence-corrected chi connectivity index (χ1v) is 4.26. The van der Waals surface area contributed by atoms with Crippen molar-refractivity contribution in [3.05, 3.63) is 0 Å². The second kappa shape index (κ2) is 2.87. The molecule has 1 N–H and O–H groups in total. The van der Waals surface area contributed by atoms with E-state index in [1.165, 1.54) is 7.11 Å². The predicted molar refractivity (Wildman–Crippen MR) is 39.7 cm³/mol. The van der Waals surface area contributed by atoms with Crippen molar-refractivity contribution in [1.82, 2.24) is 0 Å². The first-order valence-electron chi connectivity index (χ1n) is 4.26. The van der Waals surface area contributed by atoms with Gasteiger partial charge in [0.25, 0.3) is 0 Å². The summed E-state index contributed by atoms with van der Waals surface area (Å²) in [5.74, 6) is -4.69. The molecule has 0 bridgehead atoms. The van der Waals surface area contributed by atoms with Crippen molar-refractivity contribution in [2.24, 2.45) is 5.92 Å². The molecule has 1 saturated heterocycles. The third kappa shape index (κ3) is 1.21. The van der Waals surface area contributed by atoms with Crippen LogP contribution in [0.15, 0.2) is 0 Å². The van der Waals surface area contributed by atoms with Gasteiger partial charge >= 0.3 is 11.9 Å². The number of rotatable bonds is 2. The molecular weight excluding hydrogens is 198 g/mol. The van der Waals surface area contributed by atoms with Crippen LogP contribution >= 0.6 is 0 Å². The second-order valence-corrected chi connectivity index (χ2v) is 3.58. The van der Waals surface area contributed by atoms with Crippen molar-refractivity contribution in [3.63, 3.8) is 0 Å². The van der Waals surface area contributed by atoms with Gasteiger partial charge < -0.3 is 14.6 Å². The molecule has 80 valence electrons. The van der Waals surface area contributed by atoms with Gasteiger partial charge in [-0.3, -0.25) is 4.79 Å². The van der Waals surface area contributed by atoms with Gasteiger partial charge in [-0.15, -0.1) is 0 Å². The topological polar surface area (TPSA) is 59.1 Å². The Bertz CT molecular complexity index is 268. The first kappa shape index (κ1) is 9.79. The lowest BCUT2D eigenvalue weighted by Gasteiger charge is -2.21. The summed E-state index contributed by atoms with van der Waals surface area (Å²) in [6.45, 7) is 0. The van der Waals surface area contributed by atoms with Gasteiger partial charge in [-0.2, -0.15) is 0 Å². The summed E-state index contributed by atoms with van der Waals surface area (Å²) in [5, 5.41) is 9.22. The maximum atomic E-state index is 13.1. The van der Waals surface area contributed by atoms with Crippen molar-refractivity contribution in [2.75, 3.05) is 7.11 Å². The van der Waals surface area contributed by atoms with Crippen LogP contribution in [-0.4, -0.2) is 42.4 Å². The fraction of sp³-hybridized carbons (Fsp3) is 0.875. The molecule has 0 amide bonds. The summed E-state index contributed by atoms with van der Waals surface area (Å²) in [5.41, 5.74) is 0. The van der Waals surface area contributed by atoms with Crippen molar-refractivity contribution in [3.8, 4) is 0 Å². The van der Waals surface area contributed by atoms with Crippen molar-refractivity contribution < 1.29 is 28.2 Å². The standard InChI is InChI=1S/C8H10F2O4/c1-13-4(11)2-3-5-7(14-5)8(9,10)6(3)12/h3,5-7,12H,2H2,1H3. The normalized spacial score (nSPS) is 43.1. The van der Waals surface area contributed by atoms with Gasteiger partial charge in [-0.1, -0.05) is 0 Å². The molecule has 1 heterocycles. The predicted octanol–water partition coefficient (Wildman–Crippen LogP) is -0.0571. The number of carbonyl (C=O) groups is 1. The minimum absolute atomic E-state index is 0.228. The Morgan fingerprint density at radius 1 is 1.64 bits per heavy atom. The van der Waals surface area contributed by atoms with Crippen LogP contribution in [0.4, 0.5) is 8.78 Å². The molecule has 2 rings (SSSR count). The Kier molecular flexibility index (Phi) is 2.01. The van der Waals surface area contributed by atoms with E-state index in [1.807, 2.05) is 0 Å².